The Bertz CT molecular complexity index is 630. The second-order valence-corrected chi connectivity index (χ2v) is 4.52. The number of hydrogen-bond acceptors (Lipinski definition) is 4. The lowest BCUT2D eigenvalue weighted by Crippen LogP contribution is -1.93. The van der Waals surface area contributed by atoms with E-state index in [1.165, 1.54) is 12.3 Å². The van der Waals surface area contributed by atoms with Crippen LogP contribution < -0.4 is 0 Å². The van der Waals surface area contributed by atoms with E-state index in [9.17, 15) is 12.3 Å². The van der Waals surface area contributed by atoms with E-state index in [0.717, 1.165) is 12.1 Å². The van der Waals surface area contributed by atoms with E-state index < -0.39 is 15.1 Å². The predicted octanol–water partition coefficient (Wildman–Crippen LogP) is 1.94. The maximum atomic E-state index is 12.6. The summed E-state index contributed by atoms with van der Waals surface area (Å²) in [5.41, 5.74) is 0.688. The van der Waals surface area contributed by atoms with Crippen LogP contribution in [0.5, 0.6) is 0 Å². The Kier molecular flexibility index (Phi) is 2.32. The number of fused-ring (bicyclic) bond motifs is 1. The maximum Gasteiger partial charge on any atom is 0.332 e. The summed E-state index contributed by atoms with van der Waals surface area (Å²) < 4.78 is 33.8. The van der Waals surface area contributed by atoms with Crippen molar-refractivity contribution in [2.45, 2.75) is 4.90 Å². The average molecular weight is 247 g/mol. The van der Waals surface area contributed by atoms with Gasteiger partial charge in [0.15, 0.2) is 0 Å². The van der Waals surface area contributed by atoms with Crippen LogP contribution in [0.2, 0.25) is 5.15 Å². The Morgan fingerprint density at radius 2 is 2.00 bits per heavy atom. The van der Waals surface area contributed by atoms with E-state index in [1.54, 1.807) is 0 Å². The molecule has 0 saturated heterocycles. The molecule has 0 aliphatic rings. The molecule has 1 aromatic carbocycles. The number of nitrogens with zero attached hydrogens (tertiary/aromatic N) is 2. The number of rotatable bonds is 1. The van der Waals surface area contributed by atoms with Crippen LogP contribution >= 0.6 is 11.6 Å². The van der Waals surface area contributed by atoms with Gasteiger partial charge in [0.25, 0.3) is 0 Å². The molecule has 1 heterocycles. The third-order valence-corrected chi connectivity index (χ3v) is 2.76. The van der Waals surface area contributed by atoms with Gasteiger partial charge in [-0.3, -0.25) is 4.98 Å². The van der Waals surface area contributed by atoms with Crippen LogP contribution in [0, 0.1) is 0 Å². The molecule has 7 heteroatoms. The molecule has 0 bridgehead atoms. The lowest BCUT2D eigenvalue weighted by molar-refractivity contribution is 0.552. The van der Waals surface area contributed by atoms with Crippen molar-refractivity contribution in [2.24, 2.45) is 0 Å². The third-order valence-electron chi connectivity index (χ3n) is 1.77. The van der Waals surface area contributed by atoms with Crippen molar-refractivity contribution in [1.82, 2.24) is 9.97 Å². The van der Waals surface area contributed by atoms with E-state index in [2.05, 4.69) is 9.97 Å². The first-order valence-corrected chi connectivity index (χ1v) is 5.60. The van der Waals surface area contributed by atoms with E-state index >= 15 is 0 Å². The quantitative estimate of drug-likeness (QED) is 0.722. The molecular weight excluding hydrogens is 243 g/mol. The summed E-state index contributed by atoms with van der Waals surface area (Å²) in [6, 6.07) is 3.57. The lowest BCUT2D eigenvalue weighted by Gasteiger charge is -1.98. The maximum absolute atomic E-state index is 12.6. The molecule has 0 unspecified atom stereocenters. The molecule has 2 aromatic rings. The Balaban J connectivity index is 2.73. The zero-order valence-electron chi connectivity index (χ0n) is 7.18. The molecule has 0 spiro atoms. The molecule has 15 heavy (non-hydrogen) atoms. The molecule has 1 aromatic heterocycles. The van der Waals surface area contributed by atoms with Crippen molar-refractivity contribution < 1.29 is 12.3 Å². The fourth-order valence-corrected chi connectivity index (χ4v) is 1.74. The molecule has 0 N–H and O–H groups in total. The Morgan fingerprint density at radius 1 is 1.27 bits per heavy atom. The van der Waals surface area contributed by atoms with Crippen molar-refractivity contribution in [2.75, 3.05) is 0 Å². The van der Waals surface area contributed by atoms with Crippen molar-refractivity contribution in [3.8, 4) is 0 Å². The Hall–Kier alpha value is -1.27. The first-order valence-electron chi connectivity index (χ1n) is 3.84. The highest BCUT2D eigenvalue weighted by molar-refractivity contribution is 7.86. The summed E-state index contributed by atoms with van der Waals surface area (Å²) in [7, 11) is -4.71. The molecule has 0 radical (unpaired) electrons. The van der Waals surface area contributed by atoms with Crippen LogP contribution in [0.15, 0.2) is 29.3 Å². The molecule has 4 nitrogen and oxygen atoms in total. The summed E-state index contributed by atoms with van der Waals surface area (Å²) in [5, 5.41) is 0.193. The summed E-state index contributed by atoms with van der Waals surface area (Å²) in [5.74, 6) is 0. The Labute approximate surface area is 89.9 Å². The fraction of sp³-hybridized carbons (Fsp3) is 0. The summed E-state index contributed by atoms with van der Waals surface area (Å²) in [6.45, 7) is 0. The minimum atomic E-state index is -4.71. The van der Waals surface area contributed by atoms with Crippen LogP contribution in [0.25, 0.3) is 11.0 Å². The molecule has 0 fully saturated rings. The van der Waals surface area contributed by atoms with Gasteiger partial charge in [-0.2, -0.15) is 8.42 Å². The van der Waals surface area contributed by atoms with Crippen molar-refractivity contribution >= 4 is 32.9 Å². The molecule has 0 aliphatic carbocycles. The molecule has 2 rings (SSSR count). The summed E-state index contributed by atoms with van der Waals surface area (Å²) in [4.78, 5) is 7.28. The average Bonchev–Trinajstić information content (AvgIpc) is 2.15. The summed E-state index contributed by atoms with van der Waals surface area (Å²) in [6.07, 6.45) is 1.26. The normalized spacial score (nSPS) is 11.9. The number of benzene rings is 1. The zero-order valence-corrected chi connectivity index (χ0v) is 8.76. The van der Waals surface area contributed by atoms with Crippen LogP contribution in [0.4, 0.5) is 3.89 Å². The molecule has 0 atom stereocenters. The highest BCUT2D eigenvalue weighted by atomic mass is 35.5. The summed E-state index contributed by atoms with van der Waals surface area (Å²) >= 11 is 5.58. The number of aromatic nitrogens is 2. The third kappa shape index (κ3) is 2.05. The number of halogens is 2. The first kappa shape index (κ1) is 10.3. The smallest absolute Gasteiger partial charge is 0.251 e. The van der Waals surface area contributed by atoms with E-state index in [4.69, 9.17) is 11.6 Å². The largest absolute Gasteiger partial charge is 0.332 e. The lowest BCUT2D eigenvalue weighted by atomic mass is 10.3. The second-order valence-electron chi connectivity index (χ2n) is 2.78. The van der Waals surface area contributed by atoms with Crippen molar-refractivity contribution in [1.29, 1.82) is 0 Å². The van der Waals surface area contributed by atoms with Gasteiger partial charge in [0.1, 0.15) is 10.0 Å². The second kappa shape index (κ2) is 3.39. The molecule has 0 saturated carbocycles. The van der Waals surface area contributed by atoms with Crippen molar-refractivity contribution in [3.05, 3.63) is 29.5 Å². The monoisotopic (exact) mass is 246 g/mol. The fourth-order valence-electron chi connectivity index (χ4n) is 1.12. The van der Waals surface area contributed by atoms with Gasteiger partial charge < -0.3 is 0 Å². The van der Waals surface area contributed by atoms with Gasteiger partial charge in [-0.1, -0.05) is 11.6 Å². The van der Waals surface area contributed by atoms with Crippen LogP contribution in [0.1, 0.15) is 0 Å². The van der Waals surface area contributed by atoms with Gasteiger partial charge >= 0.3 is 10.2 Å². The molecular formula is C8H4ClFN2O2S. The van der Waals surface area contributed by atoms with Crippen LogP contribution in [-0.4, -0.2) is 18.4 Å². The van der Waals surface area contributed by atoms with Gasteiger partial charge in [-0.25, -0.2) is 4.98 Å². The van der Waals surface area contributed by atoms with Gasteiger partial charge in [-0.15, -0.1) is 3.89 Å². The highest BCUT2D eigenvalue weighted by Crippen LogP contribution is 2.18. The van der Waals surface area contributed by atoms with Crippen LogP contribution in [0.3, 0.4) is 0 Å². The predicted molar refractivity (Wildman–Crippen MR) is 52.8 cm³/mol. The number of hydrogen-bond donors (Lipinski definition) is 0. The van der Waals surface area contributed by atoms with Gasteiger partial charge in [0.2, 0.25) is 0 Å². The van der Waals surface area contributed by atoms with Gasteiger partial charge in [-0.05, 0) is 18.2 Å². The Morgan fingerprint density at radius 3 is 2.67 bits per heavy atom. The SMILES string of the molecule is O=S(=O)(F)c1ccc2nc(Cl)cnc2c1. The van der Waals surface area contributed by atoms with Crippen molar-refractivity contribution in [3.63, 3.8) is 0 Å². The molecule has 0 amide bonds. The first-order chi connectivity index (χ1) is 6.97. The zero-order chi connectivity index (χ0) is 11.1. The van der Waals surface area contributed by atoms with E-state index in [1.807, 2.05) is 0 Å². The van der Waals surface area contributed by atoms with E-state index in [0.29, 0.717) is 5.52 Å². The van der Waals surface area contributed by atoms with E-state index in [-0.39, 0.29) is 10.7 Å². The minimum absolute atomic E-state index is 0.193. The standard InChI is InChI=1S/C8H4ClFN2O2S/c9-8-4-11-7-3-5(15(10,13)14)1-2-6(7)12-8/h1-4H. The van der Waals surface area contributed by atoms with Crippen LogP contribution in [-0.2, 0) is 10.2 Å². The van der Waals surface area contributed by atoms with Gasteiger partial charge in [0.05, 0.1) is 17.2 Å². The molecule has 0 aliphatic heterocycles. The molecule has 78 valence electrons. The topological polar surface area (TPSA) is 59.9 Å². The highest BCUT2D eigenvalue weighted by Gasteiger charge is 2.12. The van der Waals surface area contributed by atoms with Gasteiger partial charge in [0, 0.05) is 0 Å². The minimum Gasteiger partial charge on any atom is -0.251 e.